The second kappa shape index (κ2) is 6.64. The molecule has 0 fully saturated rings. The minimum Gasteiger partial charge on any atom is -0.497 e. The number of carbonyl (C=O) groups excluding carboxylic acids is 2. The molecular formula is C13H18N2O3. The number of carbonyl (C=O) groups is 2. The highest BCUT2D eigenvalue weighted by Crippen LogP contribution is 2.12. The van der Waals surface area contributed by atoms with Gasteiger partial charge in [-0.2, -0.15) is 0 Å². The molecule has 1 rings (SSSR count). The summed E-state index contributed by atoms with van der Waals surface area (Å²) in [4.78, 5) is 23.4. The van der Waals surface area contributed by atoms with Gasteiger partial charge in [0.15, 0.2) is 0 Å². The first-order valence-electron chi connectivity index (χ1n) is 5.81. The first-order valence-corrected chi connectivity index (χ1v) is 5.81. The van der Waals surface area contributed by atoms with E-state index in [1.807, 2.05) is 6.92 Å². The number of hydrogen-bond donors (Lipinski definition) is 2. The zero-order valence-electron chi connectivity index (χ0n) is 10.8. The van der Waals surface area contributed by atoms with Crippen LogP contribution >= 0.6 is 0 Å². The molecule has 0 saturated carbocycles. The van der Waals surface area contributed by atoms with Crippen molar-refractivity contribution in [2.24, 2.45) is 0 Å². The zero-order valence-corrected chi connectivity index (χ0v) is 10.8. The van der Waals surface area contributed by atoms with E-state index >= 15 is 0 Å². The molecule has 1 aromatic rings. The number of benzene rings is 1. The van der Waals surface area contributed by atoms with Gasteiger partial charge in [0.1, 0.15) is 11.8 Å². The standard InChI is InChI=1S/C13H18N2O3/c1-4-14-12(16)9(2)15-13(17)10-6-5-7-11(8-10)18-3/h5-9H,4H2,1-3H3,(H,14,16)(H,15,17). The minimum absolute atomic E-state index is 0.200. The van der Waals surface area contributed by atoms with E-state index in [1.165, 1.54) is 7.11 Å². The van der Waals surface area contributed by atoms with E-state index in [-0.39, 0.29) is 11.8 Å². The number of hydrogen-bond acceptors (Lipinski definition) is 3. The molecule has 1 unspecified atom stereocenters. The van der Waals surface area contributed by atoms with Crippen LogP contribution in [0.4, 0.5) is 0 Å². The van der Waals surface area contributed by atoms with E-state index in [2.05, 4.69) is 10.6 Å². The summed E-state index contributed by atoms with van der Waals surface area (Å²) >= 11 is 0. The molecule has 98 valence electrons. The Bertz CT molecular complexity index is 432. The Kier molecular flexibility index (Phi) is 5.17. The van der Waals surface area contributed by atoms with E-state index in [9.17, 15) is 9.59 Å². The maximum atomic E-state index is 11.9. The monoisotopic (exact) mass is 250 g/mol. The fourth-order valence-corrected chi connectivity index (χ4v) is 1.44. The van der Waals surface area contributed by atoms with E-state index in [0.29, 0.717) is 17.9 Å². The van der Waals surface area contributed by atoms with E-state index in [4.69, 9.17) is 4.74 Å². The van der Waals surface area contributed by atoms with Crippen molar-refractivity contribution in [1.82, 2.24) is 10.6 Å². The fraction of sp³-hybridized carbons (Fsp3) is 0.385. The molecule has 0 aliphatic carbocycles. The second-order valence-electron chi connectivity index (χ2n) is 3.82. The minimum atomic E-state index is -0.566. The van der Waals surface area contributed by atoms with Crippen LogP contribution < -0.4 is 15.4 Å². The number of ether oxygens (including phenoxy) is 1. The van der Waals surface area contributed by atoms with Crippen LogP contribution in [-0.4, -0.2) is 31.5 Å². The Labute approximate surface area is 107 Å². The number of amides is 2. The van der Waals surface area contributed by atoms with E-state index < -0.39 is 6.04 Å². The van der Waals surface area contributed by atoms with Gasteiger partial charge in [0.2, 0.25) is 5.91 Å². The molecule has 5 heteroatoms. The molecule has 18 heavy (non-hydrogen) atoms. The zero-order chi connectivity index (χ0) is 13.5. The maximum Gasteiger partial charge on any atom is 0.252 e. The van der Waals surface area contributed by atoms with Gasteiger partial charge in [0, 0.05) is 12.1 Å². The predicted molar refractivity (Wildman–Crippen MR) is 68.6 cm³/mol. The van der Waals surface area contributed by atoms with Crippen molar-refractivity contribution < 1.29 is 14.3 Å². The van der Waals surface area contributed by atoms with Crippen molar-refractivity contribution >= 4 is 11.8 Å². The van der Waals surface area contributed by atoms with Gasteiger partial charge in [-0.15, -0.1) is 0 Å². The Morgan fingerprint density at radius 1 is 1.39 bits per heavy atom. The normalized spacial score (nSPS) is 11.5. The summed E-state index contributed by atoms with van der Waals surface area (Å²) in [5, 5.41) is 5.27. The third-order valence-electron chi connectivity index (χ3n) is 2.42. The smallest absolute Gasteiger partial charge is 0.252 e. The van der Waals surface area contributed by atoms with Gasteiger partial charge in [-0.1, -0.05) is 6.07 Å². The first-order chi connectivity index (χ1) is 8.58. The average Bonchev–Trinajstić information content (AvgIpc) is 2.39. The van der Waals surface area contributed by atoms with Gasteiger partial charge >= 0.3 is 0 Å². The summed E-state index contributed by atoms with van der Waals surface area (Å²) in [5.41, 5.74) is 0.463. The summed E-state index contributed by atoms with van der Waals surface area (Å²) in [6, 6.07) is 6.21. The summed E-state index contributed by atoms with van der Waals surface area (Å²) in [6.07, 6.45) is 0. The van der Waals surface area contributed by atoms with Gasteiger partial charge in [0.05, 0.1) is 7.11 Å². The van der Waals surface area contributed by atoms with E-state index in [1.54, 1.807) is 31.2 Å². The average molecular weight is 250 g/mol. The van der Waals surface area contributed by atoms with Gasteiger partial charge in [-0.05, 0) is 32.0 Å². The Hall–Kier alpha value is -2.04. The van der Waals surface area contributed by atoms with Crippen molar-refractivity contribution in [1.29, 1.82) is 0 Å². The van der Waals surface area contributed by atoms with Gasteiger partial charge in [-0.3, -0.25) is 9.59 Å². The van der Waals surface area contributed by atoms with Gasteiger partial charge < -0.3 is 15.4 Å². The third-order valence-corrected chi connectivity index (χ3v) is 2.42. The molecule has 0 aliphatic heterocycles. The summed E-state index contributed by atoms with van der Waals surface area (Å²) < 4.78 is 5.04. The van der Waals surface area contributed by atoms with Crippen molar-refractivity contribution in [2.75, 3.05) is 13.7 Å². The van der Waals surface area contributed by atoms with Gasteiger partial charge in [-0.25, -0.2) is 0 Å². The molecule has 2 N–H and O–H groups in total. The SMILES string of the molecule is CCNC(=O)C(C)NC(=O)c1cccc(OC)c1. The molecule has 0 aliphatic rings. The van der Waals surface area contributed by atoms with Crippen LogP contribution in [0.3, 0.4) is 0 Å². The molecule has 0 heterocycles. The fourth-order valence-electron chi connectivity index (χ4n) is 1.44. The summed E-state index contributed by atoms with van der Waals surface area (Å²) in [5.74, 6) is 0.106. The van der Waals surface area contributed by atoms with Crippen LogP contribution in [0, 0.1) is 0 Å². The third kappa shape index (κ3) is 3.76. The highest BCUT2D eigenvalue weighted by molar-refractivity contribution is 5.97. The Morgan fingerprint density at radius 3 is 2.72 bits per heavy atom. The lowest BCUT2D eigenvalue weighted by molar-refractivity contribution is -0.122. The predicted octanol–water partition coefficient (Wildman–Crippen LogP) is 0.950. The van der Waals surface area contributed by atoms with Crippen LogP contribution in [0.25, 0.3) is 0 Å². The van der Waals surface area contributed by atoms with Crippen LogP contribution in [0.15, 0.2) is 24.3 Å². The molecule has 0 saturated heterocycles. The molecule has 0 aromatic heterocycles. The first kappa shape index (κ1) is 14.0. The number of nitrogens with one attached hydrogen (secondary N) is 2. The van der Waals surface area contributed by atoms with Crippen molar-refractivity contribution in [3.8, 4) is 5.75 Å². The number of rotatable bonds is 5. The molecule has 5 nitrogen and oxygen atoms in total. The second-order valence-corrected chi connectivity index (χ2v) is 3.82. The van der Waals surface area contributed by atoms with Crippen LogP contribution in [0.2, 0.25) is 0 Å². The molecule has 1 atom stereocenters. The highest BCUT2D eigenvalue weighted by atomic mass is 16.5. The Balaban J connectivity index is 2.67. The van der Waals surface area contributed by atoms with Crippen molar-refractivity contribution in [3.63, 3.8) is 0 Å². The summed E-state index contributed by atoms with van der Waals surface area (Å²) in [6.45, 7) is 4.01. The number of likely N-dealkylation sites (N-methyl/N-ethyl adjacent to an activating group) is 1. The van der Waals surface area contributed by atoms with E-state index in [0.717, 1.165) is 0 Å². The van der Waals surface area contributed by atoms with Crippen LogP contribution in [-0.2, 0) is 4.79 Å². The lowest BCUT2D eigenvalue weighted by atomic mass is 10.2. The molecule has 2 amide bonds. The molecule has 0 spiro atoms. The molecule has 0 bridgehead atoms. The molecular weight excluding hydrogens is 232 g/mol. The van der Waals surface area contributed by atoms with Crippen molar-refractivity contribution in [3.05, 3.63) is 29.8 Å². The van der Waals surface area contributed by atoms with Crippen LogP contribution in [0.1, 0.15) is 24.2 Å². The largest absolute Gasteiger partial charge is 0.497 e. The number of methoxy groups -OCH3 is 1. The van der Waals surface area contributed by atoms with Gasteiger partial charge in [0.25, 0.3) is 5.91 Å². The van der Waals surface area contributed by atoms with Crippen molar-refractivity contribution in [2.45, 2.75) is 19.9 Å². The quantitative estimate of drug-likeness (QED) is 0.817. The summed E-state index contributed by atoms with van der Waals surface area (Å²) in [7, 11) is 1.54. The lowest BCUT2D eigenvalue weighted by Crippen LogP contribution is -2.44. The lowest BCUT2D eigenvalue weighted by Gasteiger charge is -2.13. The molecule has 0 radical (unpaired) electrons. The maximum absolute atomic E-state index is 11.9. The molecule has 1 aromatic carbocycles. The topological polar surface area (TPSA) is 67.4 Å². The van der Waals surface area contributed by atoms with Crippen LogP contribution in [0.5, 0.6) is 5.75 Å². The Morgan fingerprint density at radius 2 is 2.11 bits per heavy atom. The highest BCUT2D eigenvalue weighted by Gasteiger charge is 2.15.